The number of nitriles is 1. The van der Waals surface area contributed by atoms with Crippen molar-refractivity contribution in [3.05, 3.63) is 0 Å². The Morgan fingerprint density at radius 1 is 1.17 bits per heavy atom. The Hall–Kier alpha value is -1.04. The number of fused-ring (bicyclic) bond motifs is 2. The second-order valence-corrected chi connectivity index (χ2v) is 6.40. The lowest BCUT2D eigenvalue weighted by Crippen LogP contribution is -2.46. The normalized spacial score (nSPS) is 34.1. The third kappa shape index (κ3) is 1.83. The molecule has 18 heavy (non-hydrogen) atoms. The molecule has 2 atom stereocenters. The van der Waals surface area contributed by atoms with Gasteiger partial charge in [0.2, 0.25) is 5.91 Å². The molecule has 3 fully saturated rings. The maximum absolute atomic E-state index is 12.8. The van der Waals surface area contributed by atoms with Crippen molar-refractivity contribution < 1.29 is 4.79 Å². The van der Waals surface area contributed by atoms with Crippen molar-refractivity contribution in [2.45, 2.75) is 63.8 Å². The lowest BCUT2D eigenvalue weighted by molar-refractivity contribution is -0.141. The molecular weight excluding hydrogens is 224 g/mol. The fourth-order valence-corrected chi connectivity index (χ4v) is 4.15. The van der Waals surface area contributed by atoms with Crippen LogP contribution in [-0.2, 0) is 4.79 Å². The summed E-state index contributed by atoms with van der Waals surface area (Å²) in [5.74, 6) is 0.888. The fourth-order valence-electron chi connectivity index (χ4n) is 4.15. The van der Waals surface area contributed by atoms with Gasteiger partial charge in [0.15, 0.2) is 0 Å². The Balaban J connectivity index is 1.79. The van der Waals surface area contributed by atoms with Gasteiger partial charge in [-0.2, -0.15) is 5.26 Å². The maximum Gasteiger partial charge on any atom is 0.243 e. The Kier molecular flexibility index (Phi) is 3.05. The van der Waals surface area contributed by atoms with Gasteiger partial charge >= 0.3 is 0 Å². The predicted molar refractivity (Wildman–Crippen MR) is 68.6 cm³/mol. The van der Waals surface area contributed by atoms with Crippen LogP contribution in [0.3, 0.4) is 0 Å². The first kappa shape index (κ1) is 12.0. The molecule has 3 aliphatic rings. The molecule has 1 amide bonds. The molecule has 2 unspecified atom stereocenters. The summed E-state index contributed by atoms with van der Waals surface area (Å²) in [5.41, 5.74) is -0.680. The minimum absolute atomic E-state index is 0.166. The van der Waals surface area contributed by atoms with E-state index in [2.05, 4.69) is 11.0 Å². The molecule has 0 aromatic rings. The molecule has 2 aliphatic carbocycles. The van der Waals surface area contributed by atoms with Crippen molar-refractivity contribution in [3.8, 4) is 6.07 Å². The molecule has 98 valence electrons. The van der Waals surface area contributed by atoms with Gasteiger partial charge in [-0.15, -0.1) is 0 Å². The molecule has 1 aliphatic heterocycles. The number of likely N-dealkylation sites (tertiary alicyclic amines) is 1. The van der Waals surface area contributed by atoms with Crippen molar-refractivity contribution in [3.63, 3.8) is 0 Å². The van der Waals surface area contributed by atoms with Crippen LogP contribution in [0.2, 0.25) is 0 Å². The van der Waals surface area contributed by atoms with Crippen LogP contribution in [0.15, 0.2) is 0 Å². The zero-order chi connectivity index (χ0) is 12.6. The topological polar surface area (TPSA) is 44.1 Å². The Morgan fingerprint density at radius 3 is 2.39 bits per heavy atom. The molecule has 0 aromatic carbocycles. The maximum atomic E-state index is 12.8. The molecule has 3 rings (SSSR count). The monoisotopic (exact) mass is 246 g/mol. The molecule has 1 saturated heterocycles. The minimum Gasteiger partial charge on any atom is -0.338 e. The van der Waals surface area contributed by atoms with E-state index >= 15 is 0 Å². The summed E-state index contributed by atoms with van der Waals surface area (Å²) in [7, 11) is 0. The van der Waals surface area contributed by atoms with E-state index in [4.69, 9.17) is 0 Å². The predicted octanol–water partition coefficient (Wildman–Crippen LogP) is 2.86. The van der Waals surface area contributed by atoms with E-state index in [1.165, 1.54) is 25.7 Å². The minimum atomic E-state index is -0.680. The van der Waals surface area contributed by atoms with Gasteiger partial charge < -0.3 is 4.90 Å². The number of hydrogen-bond acceptors (Lipinski definition) is 2. The van der Waals surface area contributed by atoms with E-state index in [0.29, 0.717) is 6.04 Å². The van der Waals surface area contributed by atoms with E-state index in [9.17, 15) is 10.1 Å². The van der Waals surface area contributed by atoms with Crippen LogP contribution in [0, 0.1) is 22.7 Å². The standard InChI is InChI=1S/C15H22N2O/c16-11-15(7-3-1-2-4-8-15)14(18)17-10-12-5-6-13(17)9-12/h12-13H,1-10H2. The van der Waals surface area contributed by atoms with Gasteiger partial charge in [-0.3, -0.25) is 4.79 Å². The molecule has 3 nitrogen and oxygen atoms in total. The first-order chi connectivity index (χ1) is 8.75. The molecular formula is C15H22N2O. The average molecular weight is 246 g/mol. The van der Waals surface area contributed by atoms with Crippen LogP contribution >= 0.6 is 0 Å². The van der Waals surface area contributed by atoms with Crippen LogP contribution in [0.5, 0.6) is 0 Å². The van der Waals surface area contributed by atoms with Crippen LogP contribution in [0.4, 0.5) is 0 Å². The van der Waals surface area contributed by atoms with Gasteiger partial charge in [-0.05, 0) is 38.0 Å². The first-order valence-electron chi connectivity index (χ1n) is 7.47. The van der Waals surface area contributed by atoms with Crippen molar-refractivity contribution in [1.29, 1.82) is 5.26 Å². The summed E-state index contributed by atoms with van der Waals surface area (Å²) in [4.78, 5) is 14.9. The first-order valence-corrected chi connectivity index (χ1v) is 7.47. The largest absolute Gasteiger partial charge is 0.338 e. The van der Waals surface area contributed by atoms with Crippen molar-refractivity contribution in [2.75, 3.05) is 6.54 Å². The van der Waals surface area contributed by atoms with Gasteiger partial charge in [0.25, 0.3) is 0 Å². The Morgan fingerprint density at radius 2 is 1.89 bits per heavy atom. The van der Waals surface area contributed by atoms with Crippen molar-refractivity contribution in [1.82, 2.24) is 4.90 Å². The SMILES string of the molecule is N#CC1(C(=O)N2CC3CCC2C3)CCCCCC1. The molecule has 0 spiro atoms. The summed E-state index contributed by atoms with van der Waals surface area (Å²) < 4.78 is 0. The fraction of sp³-hybridized carbons (Fsp3) is 0.867. The zero-order valence-electron chi connectivity index (χ0n) is 11.0. The summed E-state index contributed by atoms with van der Waals surface area (Å²) >= 11 is 0. The van der Waals surface area contributed by atoms with Gasteiger partial charge in [0.1, 0.15) is 5.41 Å². The van der Waals surface area contributed by atoms with Crippen LogP contribution in [0.25, 0.3) is 0 Å². The Bertz CT molecular complexity index is 376. The summed E-state index contributed by atoms with van der Waals surface area (Å²) in [6.07, 6.45) is 9.67. The van der Waals surface area contributed by atoms with Crippen molar-refractivity contribution >= 4 is 5.91 Å². The second kappa shape index (κ2) is 4.57. The van der Waals surface area contributed by atoms with E-state index in [1.54, 1.807) is 0 Å². The molecule has 0 N–H and O–H groups in total. The van der Waals surface area contributed by atoms with E-state index < -0.39 is 5.41 Å². The number of piperidine rings is 1. The van der Waals surface area contributed by atoms with E-state index in [0.717, 1.165) is 44.6 Å². The van der Waals surface area contributed by atoms with Gasteiger partial charge in [0, 0.05) is 12.6 Å². The summed E-state index contributed by atoms with van der Waals surface area (Å²) in [6, 6.07) is 2.86. The number of carbonyl (C=O) groups is 1. The number of nitrogens with zero attached hydrogens (tertiary/aromatic N) is 2. The highest BCUT2D eigenvalue weighted by atomic mass is 16.2. The molecule has 3 heteroatoms. The molecule has 1 heterocycles. The quantitative estimate of drug-likeness (QED) is 0.668. The van der Waals surface area contributed by atoms with Crippen LogP contribution < -0.4 is 0 Å². The second-order valence-electron chi connectivity index (χ2n) is 6.40. The van der Waals surface area contributed by atoms with Gasteiger partial charge in [0.05, 0.1) is 6.07 Å². The Labute approximate surface area is 109 Å². The highest BCUT2D eigenvalue weighted by molar-refractivity contribution is 5.86. The van der Waals surface area contributed by atoms with Crippen LogP contribution in [-0.4, -0.2) is 23.4 Å². The molecule has 0 aromatic heterocycles. The summed E-state index contributed by atoms with van der Waals surface area (Å²) in [5, 5.41) is 9.57. The lowest BCUT2D eigenvalue weighted by Gasteiger charge is -2.34. The third-order valence-electron chi connectivity index (χ3n) is 5.25. The molecule has 2 saturated carbocycles. The molecule has 0 radical (unpaired) electrons. The lowest BCUT2D eigenvalue weighted by atomic mass is 9.80. The average Bonchev–Trinajstić information content (AvgIpc) is 2.94. The number of amides is 1. The van der Waals surface area contributed by atoms with E-state index in [1.807, 2.05) is 0 Å². The van der Waals surface area contributed by atoms with Crippen molar-refractivity contribution in [2.24, 2.45) is 11.3 Å². The third-order valence-corrected chi connectivity index (χ3v) is 5.25. The number of rotatable bonds is 1. The van der Waals surface area contributed by atoms with Gasteiger partial charge in [-0.25, -0.2) is 0 Å². The van der Waals surface area contributed by atoms with Crippen LogP contribution in [0.1, 0.15) is 57.8 Å². The highest BCUT2D eigenvalue weighted by Crippen LogP contribution is 2.43. The zero-order valence-corrected chi connectivity index (χ0v) is 11.0. The smallest absolute Gasteiger partial charge is 0.243 e. The molecule has 2 bridgehead atoms. The highest BCUT2D eigenvalue weighted by Gasteiger charge is 2.48. The van der Waals surface area contributed by atoms with E-state index in [-0.39, 0.29) is 5.91 Å². The van der Waals surface area contributed by atoms with Gasteiger partial charge in [-0.1, -0.05) is 25.7 Å². The number of carbonyl (C=O) groups excluding carboxylic acids is 1. The summed E-state index contributed by atoms with van der Waals surface area (Å²) in [6.45, 7) is 0.924. The number of hydrogen-bond donors (Lipinski definition) is 0.